The largest absolute Gasteiger partial charge is 0.476 e. The first-order valence-corrected chi connectivity index (χ1v) is 5.18. The first kappa shape index (κ1) is 10.2. The molecule has 4 nitrogen and oxygen atoms in total. The standard InChI is InChI=1S/C10H11ClN2O2/c11-7-3-4-8(12-5-6-1-2-6)13-9(7)10(14)15/h3-4,6H,1-2,5H2,(H,12,13)(H,14,15). The molecule has 0 atom stereocenters. The number of hydrogen-bond donors (Lipinski definition) is 2. The Labute approximate surface area is 92.3 Å². The summed E-state index contributed by atoms with van der Waals surface area (Å²) in [5.74, 6) is 0.189. The molecular weight excluding hydrogens is 216 g/mol. The summed E-state index contributed by atoms with van der Waals surface area (Å²) in [4.78, 5) is 14.7. The summed E-state index contributed by atoms with van der Waals surface area (Å²) in [7, 11) is 0. The molecule has 0 bridgehead atoms. The van der Waals surface area contributed by atoms with Gasteiger partial charge in [0.25, 0.3) is 0 Å². The van der Waals surface area contributed by atoms with Gasteiger partial charge in [-0.3, -0.25) is 0 Å². The fourth-order valence-corrected chi connectivity index (χ4v) is 1.45. The molecule has 1 aliphatic carbocycles. The molecular formula is C10H11ClN2O2. The molecule has 1 fully saturated rings. The average Bonchev–Trinajstić information content (AvgIpc) is 3.00. The van der Waals surface area contributed by atoms with Crippen LogP contribution in [0.25, 0.3) is 0 Å². The molecule has 0 aliphatic heterocycles. The minimum Gasteiger partial charge on any atom is -0.476 e. The second kappa shape index (κ2) is 4.06. The molecule has 0 radical (unpaired) electrons. The number of rotatable bonds is 4. The number of pyridine rings is 1. The third kappa shape index (κ3) is 2.59. The van der Waals surface area contributed by atoms with Crippen LogP contribution in [0.5, 0.6) is 0 Å². The molecule has 2 rings (SSSR count). The van der Waals surface area contributed by atoms with Crippen LogP contribution in [-0.4, -0.2) is 22.6 Å². The van der Waals surface area contributed by atoms with Crippen LogP contribution in [0.4, 0.5) is 5.82 Å². The number of anilines is 1. The van der Waals surface area contributed by atoms with Gasteiger partial charge in [0.2, 0.25) is 0 Å². The molecule has 1 saturated carbocycles. The summed E-state index contributed by atoms with van der Waals surface area (Å²) in [6, 6.07) is 3.24. The van der Waals surface area contributed by atoms with Crippen molar-refractivity contribution in [3.8, 4) is 0 Å². The highest BCUT2D eigenvalue weighted by Crippen LogP contribution is 2.28. The molecule has 0 unspecified atom stereocenters. The van der Waals surface area contributed by atoms with Gasteiger partial charge in [-0.05, 0) is 30.9 Å². The maximum Gasteiger partial charge on any atom is 0.356 e. The molecule has 0 aromatic carbocycles. The smallest absolute Gasteiger partial charge is 0.356 e. The molecule has 80 valence electrons. The maximum absolute atomic E-state index is 10.7. The quantitative estimate of drug-likeness (QED) is 0.827. The molecule has 1 aromatic heterocycles. The lowest BCUT2D eigenvalue weighted by atomic mass is 10.3. The van der Waals surface area contributed by atoms with E-state index in [0.29, 0.717) is 5.82 Å². The van der Waals surface area contributed by atoms with Crippen molar-refractivity contribution in [2.45, 2.75) is 12.8 Å². The van der Waals surface area contributed by atoms with E-state index in [2.05, 4.69) is 10.3 Å². The molecule has 1 aromatic rings. The van der Waals surface area contributed by atoms with Crippen LogP contribution in [-0.2, 0) is 0 Å². The van der Waals surface area contributed by atoms with Crippen molar-refractivity contribution in [1.29, 1.82) is 0 Å². The van der Waals surface area contributed by atoms with Crippen molar-refractivity contribution in [3.63, 3.8) is 0 Å². The van der Waals surface area contributed by atoms with Crippen LogP contribution in [0.2, 0.25) is 5.02 Å². The Morgan fingerprint density at radius 1 is 1.60 bits per heavy atom. The number of nitrogens with zero attached hydrogens (tertiary/aromatic N) is 1. The summed E-state index contributed by atoms with van der Waals surface area (Å²) in [5, 5.41) is 12.1. The fraction of sp³-hybridized carbons (Fsp3) is 0.400. The highest BCUT2D eigenvalue weighted by Gasteiger charge is 2.21. The van der Waals surface area contributed by atoms with Gasteiger partial charge in [-0.1, -0.05) is 11.6 Å². The van der Waals surface area contributed by atoms with E-state index in [0.717, 1.165) is 12.5 Å². The minimum atomic E-state index is -1.10. The number of hydrogen-bond acceptors (Lipinski definition) is 3. The summed E-state index contributed by atoms with van der Waals surface area (Å²) in [6.07, 6.45) is 2.48. The predicted molar refractivity (Wildman–Crippen MR) is 57.4 cm³/mol. The van der Waals surface area contributed by atoms with Crippen molar-refractivity contribution < 1.29 is 9.90 Å². The van der Waals surface area contributed by atoms with Crippen molar-refractivity contribution >= 4 is 23.4 Å². The number of carboxylic acid groups (broad SMARTS) is 1. The van der Waals surface area contributed by atoms with Gasteiger partial charge in [0.15, 0.2) is 5.69 Å². The van der Waals surface area contributed by atoms with Gasteiger partial charge in [0, 0.05) is 6.54 Å². The number of carboxylic acids is 1. The Hall–Kier alpha value is -1.29. The fourth-order valence-electron chi connectivity index (χ4n) is 1.26. The molecule has 1 heterocycles. The lowest BCUT2D eigenvalue weighted by Crippen LogP contribution is -2.08. The van der Waals surface area contributed by atoms with Crippen molar-refractivity contribution in [3.05, 3.63) is 22.8 Å². The average molecular weight is 227 g/mol. The Kier molecular flexibility index (Phi) is 2.77. The van der Waals surface area contributed by atoms with Crippen LogP contribution in [0, 0.1) is 5.92 Å². The second-order valence-corrected chi connectivity index (χ2v) is 4.06. The van der Waals surface area contributed by atoms with Crippen molar-refractivity contribution in [2.24, 2.45) is 5.92 Å². The van der Waals surface area contributed by atoms with E-state index in [1.807, 2.05) is 0 Å². The molecule has 0 spiro atoms. The summed E-state index contributed by atoms with van der Waals surface area (Å²) in [6.45, 7) is 0.855. The highest BCUT2D eigenvalue weighted by atomic mass is 35.5. The van der Waals surface area contributed by atoms with Gasteiger partial charge >= 0.3 is 5.97 Å². The first-order valence-electron chi connectivity index (χ1n) is 4.80. The topological polar surface area (TPSA) is 62.2 Å². The van der Waals surface area contributed by atoms with Gasteiger partial charge in [0.1, 0.15) is 5.82 Å². The highest BCUT2D eigenvalue weighted by molar-refractivity contribution is 6.33. The molecule has 5 heteroatoms. The number of aromatic nitrogens is 1. The lowest BCUT2D eigenvalue weighted by molar-refractivity contribution is 0.0691. The zero-order valence-corrected chi connectivity index (χ0v) is 8.79. The van der Waals surface area contributed by atoms with Crippen molar-refractivity contribution in [2.75, 3.05) is 11.9 Å². The van der Waals surface area contributed by atoms with E-state index >= 15 is 0 Å². The molecule has 0 saturated heterocycles. The molecule has 15 heavy (non-hydrogen) atoms. The van der Waals surface area contributed by atoms with E-state index in [9.17, 15) is 4.79 Å². The Bertz CT molecular complexity index is 391. The van der Waals surface area contributed by atoms with E-state index in [1.165, 1.54) is 12.8 Å². The van der Waals surface area contributed by atoms with Crippen LogP contribution >= 0.6 is 11.6 Å². The summed E-state index contributed by atoms with van der Waals surface area (Å²) >= 11 is 5.70. The van der Waals surface area contributed by atoms with E-state index < -0.39 is 5.97 Å². The maximum atomic E-state index is 10.7. The molecule has 0 amide bonds. The Morgan fingerprint density at radius 2 is 2.33 bits per heavy atom. The summed E-state index contributed by atoms with van der Waals surface area (Å²) in [5.41, 5.74) is -0.0996. The minimum absolute atomic E-state index is 0.0996. The third-order valence-electron chi connectivity index (χ3n) is 2.32. The number of halogens is 1. The van der Waals surface area contributed by atoms with Crippen molar-refractivity contribution in [1.82, 2.24) is 4.98 Å². The van der Waals surface area contributed by atoms with Gasteiger partial charge in [-0.2, -0.15) is 0 Å². The predicted octanol–water partition coefficient (Wildman–Crippen LogP) is 2.26. The van der Waals surface area contributed by atoms with Gasteiger partial charge < -0.3 is 10.4 Å². The van der Waals surface area contributed by atoms with Gasteiger partial charge in [-0.25, -0.2) is 9.78 Å². The second-order valence-electron chi connectivity index (χ2n) is 3.66. The van der Waals surface area contributed by atoms with Crippen LogP contribution < -0.4 is 5.32 Å². The lowest BCUT2D eigenvalue weighted by Gasteiger charge is -2.05. The number of nitrogens with one attached hydrogen (secondary N) is 1. The van der Waals surface area contributed by atoms with Gasteiger partial charge in [0.05, 0.1) is 5.02 Å². The van der Waals surface area contributed by atoms with Gasteiger partial charge in [-0.15, -0.1) is 0 Å². The normalized spacial score (nSPS) is 15.0. The van der Waals surface area contributed by atoms with E-state index in [1.54, 1.807) is 12.1 Å². The monoisotopic (exact) mass is 226 g/mol. The third-order valence-corrected chi connectivity index (χ3v) is 2.62. The Morgan fingerprint density at radius 3 is 2.93 bits per heavy atom. The van der Waals surface area contributed by atoms with Crippen LogP contribution in [0.3, 0.4) is 0 Å². The first-order chi connectivity index (χ1) is 7.16. The number of carbonyl (C=O) groups is 1. The van der Waals surface area contributed by atoms with E-state index in [-0.39, 0.29) is 10.7 Å². The SMILES string of the molecule is O=C(O)c1nc(NCC2CC2)ccc1Cl. The van der Waals surface area contributed by atoms with Crippen LogP contribution in [0.15, 0.2) is 12.1 Å². The molecule has 1 aliphatic rings. The molecule has 2 N–H and O–H groups in total. The van der Waals surface area contributed by atoms with Crippen LogP contribution in [0.1, 0.15) is 23.3 Å². The Balaban J connectivity index is 2.10. The summed E-state index contributed by atoms with van der Waals surface area (Å²) < 4.78 is 0. The van der Waals surface area contributed by atoms with E-state index in [4.69, 9.17) is 16.7 Å². The zero-order valence-electron chi connectivity index (χ0n) is 8.03. The number of aromatic carboxylic acids is 1. The zero-order chi connectivity index (χ0) is 10.8.